The van der Waals surface area contributed by atoms with E-state index >= 15 is 0 Å². The van der Waals surface area contributed by atoms with Crippen LogP contribution in [0.5, 0.6) is 0 Å². The maximum Gasteiger partial charge on any atom is 0.419 e. The molecule has 0 spiro atoms. The van der Waals surface area contributed by atoms with E-state index in [2.05, 4.69) is 5.32 Å². The van der Waals surface area contributed by atoms with Gasteiger partial charge in [-0.05, 0) is 17.0 Å². The van der Waals surface area contributed by atoms with Crippen molar-refractivity contribution >= 4 is 0 Å². The molecule has 1 atom stereocenters. The van der Waals surface area contributed by atoms with Gasteiger partial charge in [-0.25, -0.2) is 4.39 Å². The van der Waals surface area contributed by atoms with E-state index in [0.717, 1.165) is 19.2 Å². The lowest BCUT2D eigenvalue weighted by Crippen LogP contribution is -2.48. The molecule has 2 rings (SSSR count). The summed E-state index contributed by atoms with van der Waals surface area (Å²) in [5.74, 6) is -1.20. The number of alkyl halides is 3. The third kappa shape index (κ3) is 3.60. The fourth-order valence-corrected chi connectivity index (χ4v) is 3.22. The van der Waals surface area contributed by atoms with E-state index < -0.39 is 29.0 Å². The molecule has 0 aliphatic carbocycles. The zero-order chi connectivity index (χ0) is 16.5. The summed E-state index contributed by atoms with van der Waals surface area (Å²) in [5.41, 5.74) is -1.54. The van der Waals surface area contributed by atoms with Crippen LogP contribution < -0.4 is 5.32 Å². The fraction of sp³-hybridized carbons (Fsp3) is 0.625. The molecule has 0 amide bonds. The Morgan fingerprint density at radius 3 is 2.18 bits per heavy atom. The maximum absolute atomic E-state index is 13.9. The molecular weight excluding hydrogens is 296 g/mol. The van der Waals surface area contributed by atoms with Gasteiger partial charge in [0.2, 0.25) is 0 Å². The third-order valence-corrected chi connectivity index (χ3v) is 3.96. The number of benzene rings is 1. The molecule has 0 aromatic heterocycles. The van der Waals surface area contributed by atoms with Crippen LogP contribution in [0, 0.1) is 11.2 Å². The van der Waals surface area contributed by atoms with Gasteiger partial charge in [-0.3, -0.25) is 4.90 Å². The highest BCUT2D eigenvalue weighted by Gasteiger charge is 2.42. The second kappa shape index (κ2) is 6.16. The summed E-state index contributed by atoms with van der Waals surface area (Å²) >= 11 is 0. The van der Waals surface area contributed by atoms with E-state index in [9.17, 15) is 17.6 Å². The average Bonchev–Trinajstić information content (AvgIpc) is 2.37. The van der Waals surface area contributed by atoms with Crippen molar-refractivity contribution in [1.29, 1.82) is 0 Å². The van der Waals surface area contributed by atoms with Crippen molar-refractivity contribution in [3.05, 3.63) is 35.1 Å². The van der Waals surface area contributed by atoms with Crippen LogP contribution in [0.2, 0.25) is 0 Å². The number of nitrogens with one attached hydrogen (secondary N) is 1. The third-order valence-electron chi connectivity index (χ3n) is 3.96. The molecule has 1 aromatic rings. The lowest BCUT2D eigenvalue weighted by Gasteiger charge is -2.43. The van der Waals surface area contributed by atoms with E-state index in [1.807, 2.05) is 25.7 Å². The molecule has 1 aliphatic rings. The second-order valence-electron chi connectivity index (χ2n) is 6.76. The molecule has 1 N–H and O–H groups in total. The first-order chi connectivity index (χ1) is 10.1. The first-order valence-corrected chi connectivity index (χ1v) is 7.43. The summed E-state index contributed by atoms with van der Waals surface area (Å²) < 4.78 is 54.0. The van der Waals surface area contributed by atoms with Crippen molar-refractivity contribution in [2.24, 2.45) is 5.41 Å². The van der Waals surface area contributed by atoms with Crippen LogP contribution in [0.15, 0.2) is 18.2 Å². The topological polar surface area (TPSA) is 15.3 Å². The first-order valence-electron chi connectivity index (χ1n) is 7.43. The summed E-state index contributed by atoms with van der Waals surface area (Å²) in [7, 11) is 0. The van der Waals surface area contributed by atoms with Crippen LogP contribution in [0.4, 0.5) is 17.6 Å². The Balaban J connectivity index is 2.55. The van der Waals surface area contributed by atoms with Gasteiger partial charge in [0.05, 0.1) is 5.56 Å². The van der Waals surface area contributed by atoms with Crippen LogP contribution in [0.1, 0.15) is 37.9 Å². The molecule has 1 saturated heterocycles. The number of piperazine rings is 1. The van der Waals surface area contributed by atoms with Gasteiger partial charge in [0, 0.05) is 32.2 Å². The van der Waals surface area contributed by atoms with E-state index in [1.54, 1.807) is 0 Å². The minimum Gasteiger partial charge on any atom is -0.314 e. The summed E-state index contributed by atoms with van der Waals surface area (Å²) in [5, 5.41) is 3.19. The van der Waals surface area contributed by atoms with E-state index in [1.165, 1.54) is 12.1 Å². The normalized spacial score (nSPS) is 19.2. The number of hydrogen-bond acceptors (Lipinski definition) is 2. The van der Waals surface area contributed by atoms with Gasteiger partial charge in [0.15, 0.2) is 0 Å². The number of hydrogen-bond donors (Lipinski definition) is 1. The average molecular weight is 318 g/mol. The standard InChI is InChI=1S/C16H22F4N2/c1-15(2,3)14(22-9-7-21-8-10-22)11-5-4-6-12(17)13(11)16(18,19)20/h4-6,14,21H,7-10H2,1-3H3/t14-/m0/s1. The van der Waals surface area contributed by atoms with Crippen LogP contribution >= 0.6 is 0 Å². The van der Waals surface area contributed by atoms with Crippen molar-refractivity contribution < 1.29 is 17.6 Å². The van der Waals surface area contributed by atoms with Gasteiger partial charge in [-0.1, -0.05) is 32.9 Å². The summed E-state index contributed by atoms with van der Waals surface area (Å²) in [6, 6.07) is 3.16. The van der Waals surface area contributed by atoms with Crippen LogP contribution in [0.3, 0.4) is 0 Å². The van der Waals surface area contributed by atoms with Gasteiger partial charge in [0.25, 0.3) is 0 Å². The van der Waals surface area contributed by atoms with Gasteiger partial charge < -0.3 is 5.32 Å². The highest BCUT2D eigenvalue weighted by molar-refractivity contribution is 5.35. The molecule has 0 saturated carbocycles. The second-order valence-corrected chi connectivity index (χ2v) is 6.76. The molecule has 22 heavy (non-hydrogen) atoms. The van der Waals surface area contributed by atoms with Crippen LogP contribution in [-0.4, -0.2) is 31.1 Å². The molecule has 1 aliphatic heterocycles. The van der Waals surface area contributed by atoms with Gasteiger partial charge in [-0.2, -0.15) is 13.2 Å². The molecule has 0 radical (unpaired) electrons. The molecule has 1 aromatic carbocycles. The molecule has 124 valence electrons. The van der Waals surface area contributed by atoms with E-state index in [4.69, 9.17) is 0 Å². The Bertz CT molecular complexity index is 514. The largest absolute Gasteiger partial charge is 0.419 e. The Hall–Kier alpha value is -1.14. The van der Waals surface area contributed by atoms with Crippen molar-refractivity contribution in [3.8, 4) is 0 Å². The Labute approximate surface area is 128 Å². The maximum atomic E-state index is 13.9. The quantitative estimate of drug-likeness (QED) is 0.834. The summed E-state index contributed by atoms with van der Waals surface area (Å²) in [4.78, 5) is 2.01. The molecule has 2 nitrogen and oxygen atoms in total. The fourth-order valence-electron chi connectivity index (χ4n) is 3.22. The van der Waals surface area contributed by atoms with Crippen molar-refractivity contribution in [2.45, 2.75) is 33.0 Å². The minimum absolute atomic E-state index is 0.0295. The minimum atomic E-state index is -4.70. The highest BCUT2D eigenvalue weighted by atomic mass is 19.4. The smallest absolute Gasteiger partial charge is 0.314 e. The lowest BCUT2D eigenvalue weighted by atomic mass is 9.79. The van der Waals surface area contributed by atoms with Gasteiger partial charge >= 0.3 is 6.18 Å². The van der Waals surface area contributed by atoms with Gasteiger partial charge in [0.1, 0.15) is 5.82 Å². The molecule has 1 heterocycles. The predicted octanol–water partition coefficient (Wildman–Crippen LogP) is 3.84. The monoisotopic (exact) mass is 318 g/mol. The molecule has 6 heteroatoms. The molecule has 0 bridgehead atoms. The number of halogens is 4. The first kappa shape index (κ1) is 17.2. The van der Waals surface area contributed by atoms with E-state index in [-0.39, 0.29) is 5.56 Å². The van der Waals surface area contributed by atoms with Crippen molar-refractivity contribution in [3.63, 3.8) is 0 Å². The van der Waals surface area contributed by atoms with Gasteiger partial charge in [-0.15, -0.1) is 0 Å². The predicted molar refractivity (Wildman–Crippen MR) is 78.0 cm³/mol. The number of rotatable bonds is 2. The zero-order valence-electron chi connectivity index (χ0n) is 13.1. The zero-order valence-corrected chi connectivity index (χ0v) is 13.1. The Kier molecular flexibility index (Phi) is 4.82. The van der Waals surface area contributed by atoms with Crippen molar-refractivity contribution in [1.82, 2.24) is 10.2 Å². The number of nitrogens with zero attached hydrogens (tertiary/aromatic N) is 1. The molecule has 0 unspecified atom stereocenters. The summed E-state index contributed by atoms with van der Waals surface area (Å²) in [6.07, 6.45) is -4.70. The van der Waals surface area contributed by atoms with Crippen LogP contribution in [-0.2, 0) is 6.18 Å². The molecule has 1 fully saturated rings. The highest BCUT2D eigenvalue weighted by Crippen LogP contribution is 2.44. The SMILES string of the molecule is CC(C)(C)[C@H](c1cccc(F)c1C(F)(F)F)N1CCNCC1. The van der Waals surface area contributed by atoms with Crippen LogP contribution in [0.25, 0.3) is 0 Å². The molecular formula is C16H22F4N2. The van der Waals surface area contributed by atoms with E-state index in [0.29, 0.717) is 13.1 Å². The lowest BCUT2D eigenvalue weighted by molar-refractivity contribution is -0.141. The Morgan fingerprint density at radius 2 is 1.68 bits per heavy atom. The summed E-state index contributed by atoms with van der Waals surface area (Å²) in [6.45, 7) is 8.43. The Morgan fingerprint density at radius 1 is 1.09 bits per heavy atom. The van der Waals surface area contributed by atoms with Crippen molar-refractivity contribution in [2.75, 3.05) is 26.2 Å².